The minimum Gasteiger partial charge on any atom is -0.472 e. The van der Waals surface area contributed by atoms with Crippen LogP contribution in [0.2, 0.25) is 0 Å². The minimum atomic E-state index is -3.87. The molecule has 3 heterocycles. The number of esters is 1. The topological polar surface area (TPSA) is 161 Å². The normalized spacial score (nSPS) is 29.3. The van der Waals surface area contributed by atoms with Crippen LogP contribution in [0.3, 0.4) is 0 Å². The van der Waals surface area contributed by atoms with Crippen LogP contribution in [-0.4, -0.2) is 78.1 Å². The van der Waals surface area contributed by atoms with E-state index in [-0.39, 0.29) is 37.6 Å². The van der Waals surface area contributed by atoms with Gasteiger partial charge in [-0.3, -0.25) is 23.9 Å². The zero-order valence-corrected chi connectivity index (χ0v) is 30.5. The second kappa shape index (κ2) is 15.2. The molecule has 2 aromatic rings. The first kappa shape index (κ1) is 36.4. The van der Waals surface area contributed by atoms with Crippen LogP contribution in [0.4, 0.5) is 0 Å². The van der Waals surface area contributed by atoms with Crippen molar-refractivity contribution in [1.82, 2.24) is 19.9 Å². The highest BCUT2D eigenvalue weighted by Crippen LogP contribution is 2.46. The van der Waals surface area contributed by atoms with Crippen molar-refractivity contribution in [2.75, 3.05) is 13.2 Å². The van der Waals surface area contributed by atoms with Gasteiger partial charge in [-0.25, -0.2) is 13.4 Å². The molecule has 280 valence electrons. The highest BCUT2D eigenvalue weighted by atomic mass is 32.2. The van der Waals surface area contributed by atoms with Crippen LogP contribution in [0.15, 0.2) is 43.1 Å². The molecule has 4 bridgehead atoms. The monoisotopic (exact) mass is 734 g/mol. The molecule has 0 spiro atoms. The van der Waals surface area contributed by atoms with Crippen LogP contribution in [-0.2, 0) is 40.4 Å². The maximum absolute atomic E-state index is 14.7. The van der Waals surface area contributed by atoms with Crippen LogP contribution in [0.25, 0.3) is 10.8 Å². The third-order valence-electron chi connectivity index (χ3n) is 11.7. The zero-order valence-electron chi connectivity index (χ0n) is 29.7. The second-order valence-corrected chi connectivity index (χ2v) is 17.4. The summed E-state index contributed by atoms with van der Waals surface area (Å²) < 4.78 is 39.8. The molecule has 5 aliphatic rings. The van der Waals surface area contributed by atoms with Gasteiger partial charge in [0.1, 0.15) is 17.7 Å². The van der Waals surface area contributed by atoms with E-state index in [2.05, 4.69) is 39.8 Å². The zero-order chi connectivity index (χ0) is 36.5. The molecule has 2 N–H and O–H groups in total. The summed E-state index contributed by atoms with van der Waals surface area (Å²) in [4.78, 5) is 61.8. The largest absolute Gasteiger partial charge is 0.472 e. The summed E-state index contributed by atoms with van der Waals surface area (Å²) in [5.41, 5.74) is -0.331. The molecule has 1 unspecified atom stereocenters. The molecule has 13 heteroatoms. The number of ether oxygens (including phenoxy) is 2. The van der Waals surface area contributed by atoms with E-state index < -0.39 is 62.6 Å². The highest BCUT2D eigenvalue weighted by molar-refractivity contribution is 7.91. The lowest BCUT2D eigenvalue weighted by Crippen LogP contribution is -2.57. The number of nitrogens with zero attached hydrogens (tertiary/aromatic N) is 2. The Labute approximate surface area is 305 Å². The van der Waals surface area contributed by atoms with E-state index in [4.69, 9.17) is 9.47 Å². The van der Waals surface area contributed by atoms with Gasteiger partial charge in [-0.15, -0.1) is 6.58 Å². The number of cyclic esters (lactones) is 1. The van der Waals surface area contributed by atoms with Gasteiger partial charge in [0.15, 0.2) is 0 Å². The summed E-state index contributed by atoms with van der Waals surface area (Å²) in [5.74, 6) is -2.87. The van der Waals surface area contributed by atoms with E-state index >= 15 is 0 Å². The molecule has 2 aliphatic heterocycles. The number of hydrogen-bond acceptors (Lipinski definition) is 9. The summed E-state index contributed by atoms with van der Waals surface area (Å²) >= 11 is 0. The van der Waals surface area contributed by atoms with Crippen molar-refractivity contribution < 1.29 is 37.1 Å². The molecule has 5 atom stereocenters. The Balaban J connectivity index is 1.19. The van der Waals surface area contributed by atoms with Gasteiger partial charge in [-0.1, -0.05) is 50.3 Å². The van der Waals surface area contributed by atoms with Crippen molar-refractivity contribution in [2.45, 2.75) is 119 Å². The van der Waals surface area contributed by atoms with Crippen LogP contribution in [0, 0.1) is 17.8 Å². The number of fused-ring (bicyclic) bond motifs is 3. The Morgan fingerprint density at radius 1 is 1.00 bits per heavy atom. The SMILES string of the molecule is C=C[C@H]1C[C@]1(NC(=O)[C@@H]1C[C@@H]2CN1C(=O)C(C1CCCC1)CC(=O)OCCCCCCCc1ccc3ccnc(c3c1)O2)C(=O)NS(=O)(=O)C1CC1. The summed E-state index contributed by atoms with van der Waals surface area (Å²) in [7, 11) is -3.87. The first-order chi connectivity index (χ1) is 25.1. The quantitative estimate of drug-likeness (QED) is 0.308. The van der Waals surface area contributed by atoms with Gasteiger partial charge in [0.25, 0.3) is 5.91 Å². The molecule has 1 aromatic carbocycles. The number of carbonyl (C=O) groups is 4. The van der Waals surface area contributed by atoms with Crippen molar-refractivity contribution in [3.8, 4) is 5.88 Å². The standard InChI is InChI=1S/C39H50N4O8S/c1-2-28-23-39(28,38(47)42-52(48,49)30-15-16-30)41-35(45)33-21-29-24-43(33)37(46)32(26-11-7-8-12-26)22-34(44)50-19-9-5-3-4-6-10-25-13-14-27-17-18-40-36(51-29)31(27)20-25/h2,13-14,17-18,20,26,28-30,32-33H,1,3-12,15-16,19,21-24H2,(H,41,45)(H,42,47)/t28-,29+,32?,33-,39+/m0/s1. The van der Waals surface area contributed by atoms with E-state index in [1.807, 2.05) is 6.07 Å². The average molecular weight is 735 g/mol. The van der Waals surface area contributed by atoms with Gasteiger partial charge >= 0.3 is 5.97 Å². The molecule has 1 aromatic heterocycles. The highest BCUT2D eigenvalue weighted by Gasteiger charge is 2.62. The molecular formula is C39H50N4O8S. The molecule has 3 aliphatic carbocycles. The van der Waals surface area contributed by atoms with Crippen LogP contribution in [0.5, 0.6) is 5.88 Å². The number of sulfonamides is 1. The fraction of sp³-hybridized carbons (Fsp3) is 0.615. The third kappa shape index (κ3) is 7.84. The number of aryl methyl sites for hydroxylation is 1. The van der Waals surface area contributed by atoms with Crippen molar-refractivity contribution >= 4 is 44.5 Å². The summed E-state index contributed by atoms with van der Waals surface area (Å²) in [5, 5.41) is 4.06. The van der Waals surface area contributed by atoms with Crippen molar-refractivity contribution in [1.29, 1.82) is 0 Å². The van der Waals surface area contributed by atoms with Gasteiger partial charge in [0.2, 0.25) is 27.7 Å². The Bertz CT molecular complexity index is 1820. The Hall–Kier alpha value is -4.00. The van der Waals surface area contributed by atoms with Gasteiger partial charge in [-0.2, -0.15) is 0 Å². The molecule has 1 saturated heterocycles. The number of pyridine rings is 1. The van der Waals surface area contributed by atoms with Gasteiger partial charge < -0.3 is 19.7 Å². The predicted molar refractivity (Wildman–Crippen MR) is 193 cm³/mol. The smallest absolute Gasteiger partial charge is 0.306 e. The number of benzene rings is 1. The lowest BCUT2D eigenvalue weighted by atomic mass is 9.86. The van der Waals surface area contributed by atoms with Gasteiger partial charge in [0.05, 0.1) is 30.7 Å². The number of hydrogen-bond donors (Lipinski definition) is 2. The molecule has 7 rings (SSSR count). The molecule has 0 radical (unpaired) electrons. The Morgan fingerprint density at radius 2 is 1.77 bits per heavy atom. The first-order valence-corrected chi connectivity index (χ1v) is 20.6. The number of carbonyl (C=O) groups excluding carboxylic acids is 4. The minimum absolute atomic E-state index is 0.0296. The third-order valence-corrected chi connectivity index (χ3v) is 13.5. The maximum atomic E-state index is 14.7. The Kier molecular flexibility index (Phi) is 10.6. The number of amides is 3. The molecule has 52 heavy (non-hydrogen) atoms. The number of nitrogens with one attached hydrogen (secondary N) is 2. The van der Waals surface area contributed by atoms with Crippen molar-refractivity contribution in [3.63, 3.8) is 0 Å². The van der Waals surface area contributed by atoms with Crippen molar-refractivity contribution in [2.24, 2.45) is 17.8 Å². The predicted octanol–water partition coefficient (Wildman–Crippen LogP) is 4.50. The second-order valence-electron chi connectivity index (χ2n) is 15.4. The number of rotatable bonds is 7. The molecule has 12 nitrogen and oxygen atoms in total. The van der Waals surface area contributed by atoms with E-state index in [9.17, 15) is 27.6 Å². The van der Waals surface area contributed by atoms with Crippen molar-refractivity contribution in [3.05, 3.63) is 48.7 Å². The van der Waals surface area contributed by atoms with E-state index in [1.165, 1.54) is 16.5 Å². The first-order valence-electron chi connectivity index (χ1n) is 19.1. The van der Waals surface area contributed by atoms with Crippen LogP contribution >= 0.6 is 0 Å². The summed E-state index contributed by atoms with van der Waals surface area (Å²) in [6, 6.07) is 7.18. The van der Waals surface area contributed by atoms with Crippen LogP contribution < -0.4 is 14.8 Å². The van der Waals surface area contributed by atoms with Gasteiger partial charge in [0, 0.05) is 23.9 Å². The fourth-order valence-corrected chi connectivity index (χ4v) is 9.77. The average Bonchev–Trinajstić information content (AvgIpc) is 4.00. The van der Waals surface area contributed by atoms with E-state index in [1.54, 1.807) is 6.20 Å². The summed E-state index contributed by atoms with van der Waals surface area (Å²) in [6.45, 7) is 4.19. The maximum Gasteiger partial charge on any atom is 0.306 e. The van der Waals surface area contributed by atoms with Gasteiger partial charge in [-0.05, 0) is 80.4 Å². The molecule has 3 saturated carbocycles. The summed E-state index contributed by atoms with van der Waals surface area (Å²) in [6.07, 6.45) is 13.1. The Morgan fingerprint density at radius 3 is 2.52 bits per heavy atom. The van der Waals surface area contributed by atoms with E-state index in [0.717, 1.165) is 75.0 Å². The lowest BCUT2D eigenvalue weighted by molar-refractivity contribution is -0.152. The molecule has 4 fully saturated rings. The number of aromatic nitrogens is 1. The fourth-order valence-electron chi connectivity index (χ4n) is 8.40. The lowest BCUT2D eigenvalue weighted by Gasteiger charge is -2.31. The van der Waals surface area contributed by atoms with E-state index in [0.29, 0.717) is 25.3 Å². The molecular weight excluding hydrogens is 685 g/mol. The van der Waals surface area contributed by atoms with Crippen LogP contribution in [0.1, 0.15) is 95.5 Å². The molecule has 3 amide bonds.